The number of nitrogens with one attached hydrogen (secondary N) is 1. The minimum Gasteiger partial charge on any atom is -0.341 e. The van der Waals surface area contributed by atoms with Crippen molar-refractivity contribution in [2.45, 2.75) is 12.8 Å². The molecule has 1 unspecified atom stereocenters. The number of amides is 1. The van der Waals surface area contributed by atoms with Gasteiger partial charge in [0.05, 0.1) is 0 Å². The van der Waals surface area contributed by atoms with Crippen molar-refractivity contribution in [1.82, 2.24) is 10.2 Å². The number of hydrogen-bond acceptors (Lipinski definition) is 2. The van der Waals surface area contributed by atoms with Gasteiger partial charge in [0.25, 0.3) is 5.91 Å². The molecule has 1 N–H and O–H groups in total. The average Bonchev–Trinajstić information content (AvgIpc) is 2.40. The molecule has 0 bridgehead atoms. The molecule has 1 fully saturated rings. The SMILES string of the molecule is CN(CC1CCCNC1)C(=O)c1ccc(I)cc1. The van der Waals surface area contributed by atoms with Crippen LogP contribution in [0.4, 0.5) is 0 Å². The summed E-state index contributed by atoms with van der Waals surface area (Å²) in [4.78, 5) is 14.1. The summed E-state index contributed by atoms with van der Waals surface area (Å²) in [6.45, 7) is 2.99. The maximum atomic E-state index is 12.2. The van der Waals surface area contributed by atoms with Crippen molar-refractivity contribution in [2.24, 2.45) is 5.92 Å². The van der Waals surface area contributed by atoms with E-state index in [4.69, 9.17) is 0 Å². The lowest BCUT2D eigenvalue weighted by atomic mass is 9.99. The van der Waals surface area contributed by atoms with Gasteiger partial charge in [0.1, 0.15) is 0 Å². The van der Waals surface area contributed by atoms with Gasteiger partial charge >= 0.3 is 0 Å². The first-order valence-corrected chi connectivity index (χ1v) is 7.46. The Balaban J connectivity index is 1.93. The van der Waals surface area contributed by atoms with E-state index in [0.717, 1.165) is 28.8 Å². The number of nitrogens with zero attached hydrogens (tertiary/aromatic N) is 1. The van der Waals surface area contributed by atoms with E-state index in [0.29, 0.717) is 5.92 Å². The summed E-state index contributed by atoms with van der Waals surface area (Å²) < 4.78 is 1.16. The van der Waals surface area contributed by atoms with E-state index in [9.17, 15) is 4.79 Å². The molecule has 1 saturated heterocycles. The van der Waals surface area contributed by atoms with E-state index in [2.05, 4.69) is 27.9 Å². The molecule has 4 heteroatoms. The molecule has 0 spiro atoms. The van der Waals surface area contributed by atoms with E-state index < -0.39 is 0 Å². The highest BCUT2D eigenvalue weighted by atomic mass is 127. The van der Waals surface area contributed by atoms with Crippen LogP contribution in [0.2, 0.25) is 0 Å². The van der Waals surface area contributed by atoms with Crippen molar-refractivity contribution in [3.05, 3.63) is 33.4 Å². The quantitative estimate of drug-likeness (QED) is 0.842. The first-order chi connectivity index (χ1) is 8.66. The molecule has 3 nitrogen and oxygen atoms in total. The third-order valence-corrected chi connectivity index (χ3v) is 4.09. The highest BCUT2D eigenvalue weighted by molar-refractivity contribution is 14.1. The second-order valence-electron chi connectivity index (χ2n) is 4.90. The predicted octanol–water partition coefficient (Wildman–Crippen LogP) is 2.36. The van der Waals surface area contributed by atoms with Gasteiger partial charge in [0.2, 0.25) is 0 Å². The number of benzene rings is 1. The normalized spacial score (nSPS) is 19.6. The molecule has 0 saturated carbocycles. The van der Waals surface area contributed by atoms with Crippen LogP contribution in [0, 0.1) is 9.49 Å². The Morgan fingerprint density at radius 2 is 2.17 bits per heavy atom. The van der Waals surface area contributed by atoms with Gasteiger partial charge in [-0.3, -0.25) is 4.79 Å². The van der Waals surface area contributed by atoms with Gasteiger partial charge in [-0.2, -0.15) is 0 Å². The van der Waals surface area contributed by atoms with Crippen molar-refractivity contribution in [1.29, 1.82) is 0 Å². The molecular formula is C14H19IN2O. The van der Waals surface area contributed by atoms with Crippen LogP contribution in [0.25, 0.3) is 0 Å². The van der Waals surface area contributed by atoms with Crippen LogP contribution in [0.15, 0.2) is 24.3 Å². The molecule has 1 heterocycles. The van der Waals surface area contributed by atoms with E-state index in [1.807, 2.05) is 36.2 Å². The summed E-state index contributed by atoms with van der Waals surface area (Å²) in [6, 6.07) is 7.76. The van der Waals surface area contributed by atoms with Gasteiger partial charge in [-0.1, -0.05) is 0 Å². The maximum Gasteiger partial charge on any atom is 0.253 e. The number of rotatable bonds is 3. The Kier molecular flexibility index (Phi) is 5.00. The fraction of sp³-hybridized carbons (Fsp3) is 0.500. The molecule has 1 aliphatic heterocycles. The van der Waals surface area contributed by atoms with Crippen LogP contribution >= 0.6 is 22.6 Å². The summed E-state index contributed by atoms with van der Waals surface area (Å²) in [5.74, 6) is 0.716. The minimum atomic E-state index is 0.122. The fourth-order valence-corrected chi connectivity index (χ4v) is 2.72. The summed E-state index contributed by atoms with van der Waals surface area (Å²) >= 11 is 2.25. The van der Waals surface area contributed by atoms with Crippen molar-refractivity contribution in [2.75, 3.05) is 26.7 Å². The van der Waals surface area contributed by atoms with Gasteiger partial charge < -0.3 is 10.2 Å². The molecule has 2 rings (SSSR count). The smallest absolute Gasteiger partial charge is 0.253 e. The van der Waals surface area contributed by atoms with Crippen molar-refractivity contribution in [3.8, 4) is 0 Å². The Morgan fingerprint density at radius 3 is 2.78 bits per heavy atom. The number of carbonyl (C=O) groups is 1. The monoisotopic (exact) mass is 358 g/mol. The Labute approximate surface area is 122 Å². The van der Waals surface area contributed by atoms with Gasteiger partial charge in [-0.05, 0) is 78.7 Å². The second-order valence-corrected chi connectivity index (χ2v) is 6.15. The number of piperidine rings is 1. The first-order valence-electron chi connectivity index (χ1n) is 6.38. The van der Waals surface area contributed by atoms with E-state index in [-0.39, 0.29) is 5.91 Å². The molecule has 0 radical (unpaired) electrons. The zero-order chi connectivity index (χ0) is 13.0. The summed E-state index contributed by atoms with van der Waals surface area (Å²) in [6.07, 6.45) is 2.44. The molecule has 0 aliphatic carbocycles. The fourth-order valence-electron chi connectivity index (χ4n) is 2.36. The van der Waals surface area contributed by atoms with Crippen molar-refractivity contribution < 1.29 is 4.79 Å². The minimum absolute atomic E-state index is 0.122. The number of halogens is 1. The van der Waals surface area contributed by atoms with E-state index in [1.54, 1.807) is 0 Å². The largest absolute Gasteiger partial charge is 0.341 e. The average molecular weight is 358 g/mol. The molecular weight excluding hydrogens is 339 g/mol. The van der Waals surface area contributed by atoms with Crippen LogP contribution in [-0.2, 0) is 0 Å². The Morgan fingerprint density at radius 1 is 1.44 bits per heavy atom. The standard InChI is InChI=1S/C14H19IN2O/c1-17(10-11-3-2-8-16-9-11)14(18)12-4-6-13(15)7-5-12/h4-7,11,16H,2-3,8-10H2,1H3. The van der Waals surface area contributed by atoms with Gasteiger partial charge in [0, 0.05) is 22.7 Å². The summed E-state index contributed by atoms with van der Waals surface area (Å²) in [5, 5.41) is 3.39. The second kappa shape index (κ2) is 6.52. The predicted molar refractivity (Wildman–Crippen MR) is 81.7 cm³/mol. The topological polar surface area (TPSA) is 32.3 Å². The molecule has 0 aromatic heterocycles. The number of hydrogen-bond donors (Lipinski definition) is 1. The maximum absolute atomic E-state index is 12.2. The zero-order valence-corrected chi connectivity index (χ0v) is 12.8. The van der Waals surface area contributed by atoms with Crippen LogP contribution in [0.5, 0.6) is 0 Å². The molecule has 98 valence electrons. The Bertz CT molecular complexity index is 399. The van der Waals surface area contributed by atoms with Crippen LogP contribution in [0.1, 0.15) is 23.2 Å². The summed E-state index contributed by atoms with van der Waals surface area (Å²) in [7, 11) is 1.90. The van der Waals surface area contributed by atoms with Gasteiger partial charge in [-0.25, -0.2) is 0 Å². The highest BCUT2D eigenvalue weighted by Crippen LogP contribution is 2.13. The molecule has 1 amide bonds. The molecule has 1 aliphatic rings. The van der Waals surface area contributed by atoms with Crippen LogP contribution in [0.3, 0.4) is 0 Å². The highest BCUT2D eigenvalue weighted by Gasteiger charge is 2.18. The zero-order valence-electron chi connectivity index (χ0n) is 10.7. The molecule has 1 aromatic rings. The lowest BCUT2D eigenvalue weighted by Gasteiger charge is -2.27. The first kappa shape index (κ1) is 13.8. The number of carbonyl (C=O) groups excluding carboxylic acids is 1. The van der Waals surface area contributed by atoms with Crippen LogP contribution in [-0.4, -0.2) is 37.5 Å². The summed E-state index contributed by atoms with van der Waals surface area (Å²) in [5.41, 5.74) is 0.779. The molecule has 18 heavy (non-hydrogen) atoms. The van der Waals surface area contributed by atoms with E-state index >= 15 is 0 Å². The van der Waals surface area contributed by atoms with Gasteiger partial charge in [-0.15, -0.1) is 0 Å². The van der Waals surface area contributed by atoms with Crippen molar-refractivity contribution >= 4 is 28.5 Å². The van der Waals surface area contributed by atoms with E-state index in [1.165, 1.54) is 12.8 Å². The van der Waals surface area contributed by atoms with Gasteiger partial charge in [0.15, 0.2) is 0 Å². The Hall–Kier alpha value is -0.620. The molecule has 1 aromatic carbocycles. The van der Waals surface area contributed by atoms with Crippen molar-refractivity contribution in [3.63, 3.8) is 0 Å². The molecule has 1 atom stereocenters. The van der Waals surface area contributed by atoms with Crippen LogP contribution < -0.4 is 5.32 Å². The third kappa shape index (κ3) is 3.68. The lowest BCUT2D eigenvalue weighted by molar-refractivity contribution is 0.0764. The third-order valence-electron chi connectivity index (χ3n) is 3.37. The lowest BCUT2D eigenvalue weighted by Crippen LogP contribution is -2.39.